The van der Waals surface area contributed by atoms with E-state index in [0.717, 1.165) is 19.3 Å². The fourth-order valence-corrected chi connectivity index (χ4v) is 1.57. The van der Waals surface area contributed by atoms with E-state index in [4.69, 9.17) is 0 Å². The number of rotatable bonds is 6. The number of sulfone groups is 1. The van der Waals surface area contributed by atoms with E-state index in [1.807, 2.05) is 0 Å². The maximum Gasteiger partial charge on any atom is 0.183 e. The molecule has 0 aliphatic heterocycles. The van der Waals surface area contributed by atoms with Crippen molar-refractivity contribution in [3.63, 3.8) is 0 Å². The first-order chi connectivity index (χ1) is 5.12. The van der Waals surface area contributed by atoms with E-state index in [0.29, 0.717) is 6.42 Å². The molecule has 0 amide bonds. The molecule has 0 saturated carbocycles. The first-order valence-corrected chi connectivity index (χ1v) is 5.73. The molecular formula is C7H15O3S. The largest absolute Gasteiger partial charge is 0.226 e. The monoisotopic (exact) mass is 179 g/mol. The molecule has 0 heterocycles. The Morgan fingerprint density at radius 2 is 1.73 bits per heavy atom. The van der Waals surface area contributed by atoms with Crippen molar-refractivity contribution >= 4 is 9.84 Å². The molecule has 1 radical (unpaired) electrons. The molecule has 3 nitrogen and oxygen atoms in total. The van der Waals surface area contributed by atoms with Gasteiger partial charge in [0.25, 0.3) is 0 Å². The predicted molar refractivity (Wildman–Crippen MR) is 43.5 cm³/mol. The van der Waals surface area contributed by atoms with Crippen molar-refractivity contribution in [2.45, 2.75) is 32.6 Å². The van der Waals surface area contributed by atoms with E-state index < -0.39 is 15.8 Å². The Kier molecular flexibility index (Phi) is 5.50. The van der Waals surface area contributed by atoms with Gasteiger partial charge in [0.1, 0.15) is 0 Å². The topological polar surface area (TPSA) is 54.0 Å². The fourth-order valence-electron chi connectivity index (χ4n) is 0.808. The van der Waals surface area contributed by atoms with E-state index in [9.17, 15) is 13.5 Å². The minimum absolute atomic E-state index is 0.0660. The molecule has 0 N–H and O–H groups in total. The smallest absolute Gasteiger partial charge is 0.183 e. The SMILES string of the molecule is CCCCCCS(=O)(=O)C[O]. The van der Waals surface area contributed by atoms with Gasteiger partial charge in [-0.2, -0.15) is 0 Å². The summed E-state index contributed by atoms with van der Waals surface area (Å²) < 4.78 is 21.3. The van der Waals surface area contributed by atoms with Crippen LogP contribution in [0.5, 0.6) is 0 Å². The summed E-state index contributed by atoms with van der Waals surface area (Å²) in [5, 5.41) is 10.0. The minimum Gasteiger partial charge on any atom is -0.226 e. The van der Waals surface area contributed by atoms with Crippen LogP contribution < -0.4 is 0 Å². The van der Waals surface area contributed by atoms with Gasteiger partial charge in [-0.25, -0.2) is 13.5 Å². The average molecular weight is 179 g/mol. The second-order valence-electron chi connectivity index (χ2n) is 2.63. The Morgan fingerprint density at radius 1 is 1.09 bits per heavy atom. The number of unbranched alkanes of at least 4 members (excludes halogenated alkanes) is 3. The Hall–Kier alpha value is -0.0900. The van der Waals surface area contributed by atoms with E-state index in [2.05, 4.69) is 6.92 Å². The van der Waals surface area contributed by atoms with Crippen LogP contribution in [-0.2, 0) is 14.9 Å². The summed E-state index contributed by atoms with van der Waals surface area (Å²) in [7, 11) is -3.26. The maximum absolute atomic E-state index is 10.6. The molecule has 0 aromatic rings. The Balaban J connectivity index is 3.39. The second-order valence-corrected chi connectivity index (χ2v) is 4.76. The third-order valence-electron chi connectivity index (χ3n) is 1.49. The molecule has 67 valence electrons. The standard InChI is InChI=1S/C7H15O3S/c1-2-3-4-5-6-11(9,10)7-8/h2-7H2,1H3. The number of hydrogen-bond acceptors (Lipinski definition) is 2. The van der Waals surface area contributed by atoms with Crippen molar-refractivity contribution in [2.24, 2.45) is 0 Å². The highest BCUT2D eigenvalue weighted by molar-refractivity contribution is 7.91. The lowest BCUT2D eigenvalue weighted by Crippen LogP contribution is -2.09. The molecule has 0 rings (SSSR count). The lowest BCUT2D eigenvalue weighted by Gasteiger charge is -1.97. The van der Waals surface area contributed by atoms with Gasteiger partial charge in [0.15, 0.2) is 15.8 Å². The Bertz CT molecular complexity index is 172. The van der Waals surface area contributed by atoms with Crippen molar-refractivity contribution in [3.05, 3.63) is 0 Å². The molecular weight excluding hydrogens is 164 g/mol. The van der Waals surface area contributed by atoms with Gasteiger partial charge in [-0.3, -0.25) is 0 Å². The summed E-state index contributed by atoms with van der Waals surface area (Å²) in [6.07, 6.45) is 3.68. The zero-order valence-electron chi connectivity index (χ0n) is 6.88. The van der Waals surface area contributed by atoms with Crippen molar-refractivity contribution < 1.29 is 13.5 Å². The Labute approximate surface area is 68.3 Å². The van der Waals surface area contributed by atoms with E-state index >= 15 is 0 Å². The fraction of sp³-hybridized carbons (Fsp3) is 1.00. The molecule has 4 heteroatoms. The first kappa shape index (κ1) is 10.9. The van der Waals surface area contributed by atoms with Gasteiger partial charge in [-0.15, -0.1) is 0 Å². The molecule has 0 aromatic heterocycles. The van der Waals surface area contributed by atoms with Crippen molar-refractivity contribution in [3.8, 4) is 0 Å². The normalized spacial score (nSPS) is 11.8. The summed E-state index contributed by atoms with van der Waals surface area (Å²) in [6, 6.07) is 0. The third kappa shape index (κ3) is 6.31. The van der Waals surface area contributed by atoms with Gasteiger partial charge in [0.05, 0.1) is 5.75 Å². The molecule has 0 unspecified atom stereocenters. The molecule has 11 heavy (non-hydrogen) atoms. The molecule has 0 aliphatic rings. The molecule has 0 bridgehead atoms. The third-order valence-corrected chi connectivity index (χ3v) is 2.76. The van der Waals surface area contributed by atoms with Gasteiger partial charge in [0.2, 0.25) is 0 Å². The highest BCUT2D eigenvalue weighted by Crippen LogP contribution is 2.01. The van der Waals surface area contributed by atoms with Gasteiger partial charge in [0, 0.05) is 0 Å². The quantitative estimate of drug-likeness (QED) is 0.578. The zero-order chi connectivity index (χ0) is 8.74. The van der Waals surface area contributed by atoms with Gasteiger partial charge < -0.3 is 0 Å². The first-order valence-electron chi connectivity index (χ1n) is 3.91. The highest BCUT2D eigenvalue weighted by Gasteiger charge is 2.07. The van der Waals surface area contributed by atoms with Crippen LogP contribution in [0.3, 0.4) is 0 Å². The van der Waals surface area contributed by atoms with Gasteiger partial charge in [-0.05, 0) is 6.42 Å². The summed E-state index contributed by atoms with van der Waals surface area (Å²) in [5.41, 5.74) is 0. The second kappa shape index (κ2) is 5.55. The van der Waals surface area contributed by atoms with Crippen LogP contribution in [-0.4, -0.2) is 20.1 Å². The predicted octanol–water partition coefficient (Wildman–Crippen LogP) is 1.37. The molecule has 0 saturated heterocycles. The van der Waals surface area contributed by atoms with Gasteiger partial charge >= 0.3 is 0 Å². The summed E-state index contributed by atoms with van der Waals surface area (Å²) in [4.78, 5) is 0. The lowest BCUT2D eigenvalue weighted by molar-refractivity contribution is 0.250. The Morgan fingerprint density at radius 3 is 2.18 bits per heavy atom. The van der Waals surface area contributed by atoms with E-state index in [1.54, 1.807) is 0 Å². The highest BCUT2D eigenvalue weighted by atomic mass is 32.2. The number of hydrogen-bond donors (Lipinski definition) is 0. The molecule has 0 fully saturated rings. The molecule has 0 spiro atoms. The summed E-state index contributed by atoms with van der Waals surface area (Å²) >= 11 is 0. The van der Waals surface area contributed by atoms with E-state index in [-0.39, 0.29) is 5.75 Å². The molecule has 0 aromatic carbocycles. The lowest BCUT2D eigenvalue weighted by atomic mass is 10.2. The van der Waals surface area contributed by atoms with Crippen molar-refractivity contribution in [1.82, 2.24) is 0 Å². The molecule has 0 atom stereocenters. The van der Waals surface area contributed by atoms with Crippen LogP contribution in [0.2, 0.25) is 0 Å². The van der Waals surface area contributed by atoms with E-state index in [1.165, 1.54) is 0 Å². The van der Waals surface area contributed by atoms with Crippen LogP contribution in [0, 0.1) is 0 Å². The van der Waals surface area contributed by atoms with Crippen LogP contribution in [0.25, 0.3) is 0 Å². The van der Waals surface area contributed by atoms with Crippen LogP contribution in [0.15, 0.2) is 0 Å². The average Bonchev–Trinajstić information content (AvgIpc) is 1.99. The minimum atomic E-state index is -3.26. The summed E-state index contributed by atoms with van der Waals surface area (Å²) in [6.45, 7) is 2.06. The van der Waals surface area contributed by atoms with Crippen LogP contribution in [0.1, 0.15) is 32.6 Å². The van der Waals surface area contributed by atoms with Gasteiger partial charge in [-0.1, -0.05) is 26.2 Å². The zero-order valence-corrected chi connectivity index (χ0v) is 7.69. The van der Waals surface area contributed by atoms with Crippen molar-refractivity contribution in [2.75, 3.05) is 11.7 Å². The maximum atomic E-state index is 10.6. The van der Waals surface area contributed by atoms with Crippen LogP contribution in [0.4, 0.5) is 0 Å². The molecule has 0 aliphatic carbocycles. The van der Waals surface area contributed by atoms with Crippen molar-refractivity contribution in [1.29, 1.82) is 0 Å². The summed E-state index contributed by atoms with van der Waals surface area (Å²) in [5.74, 6) is -0.893. The van der Waals surface area contributed by atoms with Crippen LogP contribution >= 0.6 is 0 Å².